The molecule has 0 aliphatic carbocycles. The standard InChI is InChI=1S/C12H17O5P/c1-10(9-17-18(13,15-3)16-4)11-5-7-12(14-2)8-6-11/h5-8H,1,9H2,2-4H3. The molecular formula is C12H17O5P. The van der Waals surface area contributed by atoms with Crippen LogP contribution in [0.2, 0.25) is 0 Å². The Morgan fingerprint density at radius 2 is 1.72 bits per heavy atom. The fraction of sp³-hybridized carbons (Fsp3) is 0.333. The summed E-state index contributed by atoms with van der Waals surface area (Å²) in [5.74, 6) is 0.756. The van der Waals surface area contributed by atoms with E-state index in [9.17, 15) is 4.57 Å². The van der Waals surface area contributed by atoms with E-state index in [1.165, 1.54) is 14.2 Å². The van der Waals surface area contributed by atoms with Gasteiger partial charge in [0.15, 0.2) is 0 Å². The smallest absolute Gasteiger partial charge is 0.474 e. The summed E-state index contributed by atoms with van der Waals surface area (Å²) in [6, 6.07) is 7.31. The number of phosphoric ester groups is 1. The highest BCUT2D eigenvalue weighted by Crippen LogP contribution is 2.48. The molecule has 0 aliphatic rings. The van der Waals surface area contributed by atoms with Gasteiger partial charge in [-0.05, 0) is 23.3 Å². The molecule has 18 heavy (non-hydrogen) atoms. The maximum absolute atomic E-state index is 11.7. The number of hydrogen-bond acceptors (Lipinski definition) is 5. The van der Waals surface area contributed by atoms with Crippen molar-refractivity contribution < 1.29 is 22.9 Å². The quantitative estimate of drug-likeness (QED) is 0.714. The molecule has 0 fully saturated rings. The zero-order valence-electron chi connectivity index (χ0n) is 10.7. The Kier molecular flexibility index (Phi) is 5.56. The normalized spacial score (nSPS) is 11.3. The van der Waals surface area contributed by atoms with Gasteiger partial charge in [-0.1, -0.05) is 18.7 Å². The zero-order valence-corrected chi connectivity index (χ0v) is 11.6. The average molecular weight is 272 g/mol. The lowest BCUT2D eigenvalue weighted by Gasteiger charge is -2.14. The minimum Gasteiger partial charge on any atom is -0.497 e. The molecule has 1 aromatic rings. The molecule has 0 heterocycles. The molecule has 0 saturated carbocycles. The Hall–Kier alpha value is -1.13. The second-order valence-corrected chi connectivity index (χ2v) is 5.30. The summed E-state index contributed by atoms with van der Waals surface area (Å²) in [5, 5.41) is 0. The number of hydrogen-bond donors (Lipinski definition) is 0. The summed E-state index contributed by atoms with van der Waals surface area (Å²) in [4.78, 5) is 0. The summed E-state index contributed by atoms with van der Waals surface area (Å²) in [6.07, 6.45) is 0. The molecule has 0 aromatic heterocycles. The van der Waals surface area contributed by atoms with Crippen molar-refractivity contribution in [2.75, 3.05) is 27.9 Å². The molecule has 0 saturated heterocycles. The molecule has 0 N–H and O–H groups in total. The van der Waals surface area contributed by atoms with Crippen molar-refractivity contribution >= 4 is 13.4 Å². The van der Waals surface area contributed by atoms with Crippen LogP contribution in [0, 0.1) is 0 Å². The van der Waals surface area contributed by atoms with Gasteiger partial charge in [0.25, 0.3) is 0 Å². The number of methoxy groups -OCH3 is 1. The van der Waals surface area contributed by atoms with Crippen LogP contribution in [0.15, 0.2) is 30.8 Å². The van der Waals surface area contributed by atoms with Crippen molar-refractivity contribution in [1.82, 2.24) is 0 Å². The molecule has 100 valence electrons. The van der Waals surface area contributed by atoms with E-state index in [-0.39, 0.29) is 6.61 Å². The molecule has 0 atom stereocenters. The van der Waals surface area contributed by atoms with Gasteiger partial charge in [0, 0.05) is 14.2 Å². The van der Waals surface area contributed by atoms with Gasteiger partial charge in [0.2, 0.25) is 0 Å². The van der Waals surface area contributed by atoms with Gasteiger partial charge in [-0.3, -0.25) is 13.6 Å². The van der Waals surface area contributed by atoms with Crippen LogP contribution in [0.4, 0.5) is 0 Å². The number of rotatable bonds is 7. The third kappa shape index (κ3) is 3.96. The Morgan fingerprint density at radius 1 is 1.17 bits per heavy atom. The third-order valence-corrected chi connectivity index (χ3v) is 3.68. The summed E-state index contributed by atoms with van der Waals surface area (Å²) < 4.78 is 31.1. The second kappa shape index (κ2) is 6.71. The highest BCUT2D eigenvalue weighted by Gasteiger charge is 2.22. The molecule has 0 aliphatic heterocycles. The molecule has 1 rings (SSSR count). The van der Waals surface area contributed by atoms with Crippen LogP contribution in [-0.4, -0.2) is 27.9 Å². The lowest BCUT2D eigenvalue weighted by Crippen LogP contribution is -1.99. The van der Waals surface area contributed by atoms with Crippen molar-refractivity contribution in [3.8, 4) is 5.75 Å². The summed E-state index contributed by atoms with van der Waals surface area (Å²) >= 11 is 0. The summed E-state index contributed by atoms with van der Waals surface area (Å²) in [7, 11) is 0.670. The van der Waals surface area contributed by atoms with E-state index in [1.807, 2.05) is 24.3 Å². The predicted octanol–water partition coefficient (Wildman–Crippen LogP) is 3.13. The van der Waals surface area contributed by atoms with Crippen LogP contribution >= 0.6 is 7.82 Å². The average Bonchev–Trinajstić information content (AvgIpc) is 2.44. The largest absolute Gasteiger partial charge is 0.497 e. The van der Waals surface area contributed by atoms with Crippen LogP contribution < -0.4 is 4.74 Å². The van der Waals surface area contributed by atoms with E-state index in [1.54, 1.807) is 7.11 Å². The highest BCUT2D eigenvalue weighted by atomic mass is 31.2. The van der Waals surface area contributed by atoms with Gasteiger partial charge in [-0.2, -0.15) is 0 Å². The lowest BCUT2D eigenvalue weighted by molar-refractivity contribution is 0.166. The Morgan fingerprint density at radius 3 is 2.17 bits per heavy atom. The van der Waals surface area contributed by atoms with Gasteiger partial charge in [-0.15, -0.1) is 0 Å². The molecule has 0 bridgehead atoms. The van der Waals surface area contributed by atoms with E-state index in [4.69, 9.17) is 9.26 Å². The first-order valence-corrected chi connectivity index (χ1v) is 6.69. The first-order valence-electron chi connectivity index (χ1n) is 5.23. The van der Waals surface area contributed by atoms with Gasteiger partial charge in [0.1, 0.15) is 5.75 Å². The van der Waals surface area contributed by atoms with Crippen LogP contribution in [-0.2, 0) is 18.1 Å². The van der Waals surface area contributed by atoms with E-state index >= 15 is 0 Å². The van der Waals surface area contributed by atoms with Crippen LogP contribution in [0.3, 0.4) is 0 Å². The van der Waals surface area contributed by atoms with Crippen molar-refractivity contribution in [1.29, 1.82) is 0 Å². The summed E-state index contributed by atoms with van der Waals surface area (Å²) in [5.41, 5.74) is 1.54. The van der Waals surface area contributed by atoms with E-state index in [0.717, 1.165) is 11.3 Å². The van der Waals surface area contributed by atoms with Crippen molar-refractivity contribution in [2.45, 2.75) is 0 Å². The Bertz CT molecular complexity index is 432. The second-order valence-electron chi connectivity index (χ2n) is 3.42. The van der Waals surface area contributed by atoms with Gasteiger partial charge in [0.05, 0.1) is 13.7 Å². The Labute approximate surface area is 107 Å². The minimum absolute atomic E-state index is 0.0608. The third-order valence-electron chi connectivity index (χ3n) is 2.34. The molecule has 0 amide bonds. The molecule has 0 unspecified atom stereocenters. The van der Waals surface area contributed by atoms with Crippen molar-refractivity contribution in [3.05, 3.63) is 36.4 Å². The van der Waals surface area contributed by atoms with Crippen LogP contribution in [0.1, 0.15) is 5.56 Å². The first-order chi connectivity index (χ1) is 8.54. The number of phosphoric acid groups is 1. The highest BCUT2D eigenvalue weighted by molar-refractivity contribution is 7.48. The SMILES string of the molecule is C=C(COP(=O)(OC)OC)c1ccc(OC)cc1. The maximum atomic E-state index is 11.7. The van der Waals surface area contributed by atoms with Gasteiger partial charge in [-0.25, -0.2) is 4.57 Å². The predicted molar refractivity (Wildman–Crippen MR) is 69.6 cm³/mol. The molecule has 1 aromatic carbocycles. The molecular weight excluding hydrogens is 255 g/mol. The lowest BCUT2D eigenvalue weighted by atomic mass is 10.1. The van der Waals surface area contributed by atoms with E-state index in [2.05, 4.69) is 15.6 Å². The molecule has 0 spiro atoms. The van der Waals surface area contributed by atoms with Crippen LogP contribution in [0.5, 0.6) is 5.75 Å². The fourth-order valence-electron chi connectivity index (χ4n) is 1.25. The monoisotopic (exact) mass is 272 g/mol. The van der Waals surface area contributed by atoms with Crippen LogP contribution in [0.25, 0.3) is 5.57 Å². The van der Waals surface area contributed by atoms with E-state index in [0.29, 0.717) is 5.57 Å². The number of ether oxygens (including phenoxy) is 1. The van der Waals surface area contributed by atoms with Gasteiger partial charge < -0.3 is 4.74 Å². The molecule has 6 heteroatoms. The molecule has 5 nitrogen and oxygen atoms in total. The zero-order chi connectivity index (χ0) is 13.6. The van der Waals surface area contributed by atoms with Crippen molar-refractivity contribution in [3.63, 3.8) is 0 Å². The molecule has 0 radical (unpaired) electrons. The number of benzene rings is 1. The van der Waals surface area contributed by atoms with Crippen molar-refractivity contribution in [2.24, 2.45) is 0 Å². The van der Waals surface area contributed by atoms with Gasteiger partial charge >= 0.3 is 7.82 Å². The summed E-state index contributed by atoms with van der Waals surface area (Å²) in [6.45, 7) is 3.91. The topological polar surface area (TPSA) is 54.0 Å². The maximum Gasteiger partial charge on any atom is 0.474 e. The van der Waals surface area contributed by atoms with E-state index < -0.39 is 7.82 Å². The fourth-order valence-corrected chi connectivity index (χ4v) is 1.92. The first kappa shape index (κ1) is 14.9. The minimum atomic E-state index is -3.46. The Balaban J connectivity index is 2.62.